The molecule has 0 atom stereocenters. The Bertz CT molecular complexity index is 751. The predicted molar refractivity (Wildman–Crippen MR) is 87.0 cm³/mol. The molecule has 140 valence electrons. The molecule has 0 radical (unpaired) electrons. The van der Waals surface area contributed by atoms with Crippen molar-refractivity contribution in [1.82, 2.24) is 4.98 Å². The summed E-state index contributed by atoms with van der Waals surface area (Å²) in [6.07, 6.45) is -3.14. The van der Waals surface area contributed by atoms with Crippen LogP contribution in [0.3, 0.4) is 0 Å². The molecule has 0 amide bonds. The number of alkyl halides is 3. The van der Waals surface area contributed by atoms with Gasteiger partial charge in [0.1, 0.15) is 12.3 Å². The maximum atomic E-state index is 12.7. The summed E-state index contributed by atoms with van der Waals surface area (Å²) < 4.78 is 48.2. The third-order valence-electron chi connectivity index (χ3n) is 3.34. The van der Waals surface area contributed by atoms with Gasteiger partial charge in [0.2, 0.25) is 5.88 Å². The Morgan fingerprint density at radius 1 is 1.23 bits per heavy atom. The van der Waals surface area contributed by atoms with Gasteiger partial charge in [0.15, 0.2) is 0 Å². The van der Waals surface area contributed by atoms with E-state index >= 15 is 0 Å². The zero-order valence-electron chi connectivity index (χ0n) is 13.7. The van der Waals surface area contributed by atoms with Crippen molar-refractivity contribution < 1.29 is 27.6 Å². The minimum Gasteiger partial charge on any atom is -0.475 e. The van der Waals surface area contributed by atoms with E-state index in [1.807, 2.05) is 0 Å². The SMILES string of the molecule is COCCOc1ccc(CNc2ccc(C(F)(F)F)cc2[N+](=O)[O-])cn1. The Morgan fingerprint density at radius 3 is 2.58 bits per heavy atom. The van der Waals surface area contributed by atoms with Crippen LogP contribution in [0.2, 0.25) is 0 Å². The lowest BCUT2D eigenvalue weighted by Crippen LogP contribution is -2.08. The molecular weight excluding hydrogens is 355 g/mol. The van der Waals surface area contributed by atoms with Gasteiger partial charge in [0.25, 0.3) is 5.69 Å². The molecule has 0 aliphatic heterocycles. The fourth-order valence-electron chi connectivity index (χ4n) is 2.04. The van der Waals surface area contributed by atoms with Crippen molar-refractivity contribution in [3.8, 4) is 5.88 Å². The highest BCUT2D eigenvalue weighted by atomic mass is 19.4. The summed E-state index contributed by atoms with van der Waals surface area (Å²) in [6.45, 7) is 0.916. The number of halogens is 3. The standard InChI is InChI=1S/C16H16F3N3O4/c1-25-6-7-26-15-5-2-11(10-21-15)9-20-13-4-3-12(16(17,18)19)8-14(13)22(23)24/h2-5,8,10,20H,6-7,9H2,1H3. The number of anilines is 1. The van der Waals surface area contributed by atoms with E-state index in [9.17, 15) is 23.3 Å². The number of nitrogens with one attached hydrogen (secondary N) is 1. The lowest BCUT2D eigenvalue weighted by molar-refractivity contribution is -0.384. The maximum Gasteiger partial charge on any atom is 0.416 e. The van der Waals surface area contributed by atoms with Crippen LogP contribution < -0.4 is 10.1 Å². The zero-order valence-corrected chi connectivity index (χ0v) is 13.7. The molecule has 2 rings (SSSR count). The number of hydrogen-bond donors (Lipinski definition) is 1. The number of nitro benzene ring substituents is 1. The fraction of sp³-hybridized carbons (Fsp3) is 0.312. The smallest absolute Gasteiger partial charge is 0.416 e. The van der Waals surface area contributed by atoms with Gasteiger partial charge in [-0.2, -0.15) is 13.2 Å². The number of nitro groups is 1. The molecule has 2 aromatic rings. The van der Waals surface area contributed by atoms with Gasteiger partial charge in [-0.25, -0.2) is 4.98 Å². The van der Waals surface area contributed by atoms with E-state index in [0.717, 1.165) is 12.1 Å². The number of benzene rings is 1. The average Bonchev–Trinajstić information content (AvgIpc) is 2.60. The first-order chi connectivity index (χ1) is 12.3. The molecule has 0 bridgehead atoms. The summed E-state index contributed by atoms with van der Waals surface area (Å²) in [6, 6.07) is 5.65. The highest BCUT2D eigenvalue weighted by Crippen LogP contribution is 2.35. The van der Waals surface area contributed by atoms with E-state index in [0.29, 0.717) is 30.7 Å². The Kier molecular flexibility index (Phi) is 6.34. The Hall–Kier alpha value is -2.88. The van der Waals surface area contributed by atoms with Crippen molar-refractivity contribution >= 4 is 11.4 Å². The lowest BCUT2D eigenvalue weighted by atomic mass is 10.1. The molecule has 1 N–H and O–H groups in total. The molecule has 0 unspecified atom stereocenters. The van der Waals surface area contributed by atoms with Crippen molar-refractivity contribution in [2.24, 2.45) is 0 Å². The van der Waals surface area contributed by atoms with Gasteiger partial charge in [0, 0.05) is 32.0 Å². The zero-order chi connectivity index (χ0) is 19.2. The monoisotopic (exact) mass is 371 g/mol. The molecule has 1 heterocycles. The third-order valence-corrected chi connectivity index (χ3v) is 3.34. The first kappa shape index (κ1) is 19.4. The number of rotatable bonds is 8. The summed E-state index contributed by atoms with van der Waals surface area (Å²) in [5, 5.41) is 13.8. The van der Waals surface area contributed by atoms with Gasteiger partial charge < -0.3 is 14.8 Å². The van der Waals surface area contributed by atoms with Crippen LogP contribution in [0.15, 0.2) is 36.5 Å². The van der Waals surface area contributed by atoms with Gasteiger partial charge >= 0.3 is 6.18 Å². The first-order valence-electron chi connectivity index (χ1n) is 7.47. The Labute approximate surface area is 146 Å². The van der Waals surface area contributed by atoms with E-state index in [1.165, 1.54) is 6.20 Å². The molecule has 7 nitrogen and oxygen atoms in total. The van der Waals surface area contributed by atoms with Crippen molar-refractivity contribution in [3.63, 3.8) is 0 Å². The maximum absolute atomic E-state index is 12.7. The predicted octanol–water partition coefficient (Wildman–Crippen LogP) is 3.65. The molecule has 0 spiro atoms. The molecule has 0 aliphatic rings. The highest BCUT2D eigenvalue weighted by Gasteiger charge is 2.33. The van der Waals surface area contributed by atoms with Gasteiger partial charge in [-0.05, 0) is 17.7 Å². The molecule has 26 heavy (non-hydrogen) atoms. The van der Waals surface area contributed by atoms with Crippen LogP contribution in [0.4, 0.5) is 24.5 Å². The van der Waals surface area contributed by atoms with Gasteiger partial charge in [-0.1, -0.05) is 6.07 Å². The quantitative estimate of drug-likeness (QED) is 0.433. The normalized spacial score (nSPS) is 11.2. The molecule has 0 aliphatic carbocycles. The number of methoxy groups -OCH3 is 1. The fourth-order valence-corrected chi connectivity index (χ4v) is 2.04. The van der Waals surface area contributed by atoms with E-state index in [1.54, 1.807) is 19.2 Å². The number of pyridine rings is 1. The number of aromatic nitrogens is 1. The van der Waals surface area contributed by atoms with Gasteiger partial charge in [0.05, 0.1) is 17.1 Å². The van der Waals surface area contributed by atoms with Gasteiger partial charge in [-0.15, -0.1) is 0 Å². The summed E-state index contributed by atoms with van der Waals surface area (Å²) in [5.41, 5.74) is -1.05. The average molecular weight is 371 g/mol. The second kappa shape index (κ2) is 8.48. The van der Waals surface area contributed by atoms with Crippen LogP contribution in [-0.2, 0) is 17.5 Å². The summed E-state index contributed by atoms with van der Waals surface area (Å²) in [4.78, 5) is 14.2. The Balaban J connectivity index is 2.05. The minimum absolute atomic E-state index is 0.0107. The van der Waals surface area contributed by atoms with Gasteiger partial charge in [-0.3, -0.25) is 10.1 Å². The van der Waals surface area contributed by atoms with Crippen molar-refractivity contribution in [2.75, 3.05) is 25.6 Å². The largest absolute Gasteiger partial charge is 0.475 e. The van der Waals surface area contributed by atoms with Crippen LogP contribution in [0.5, 0.6) is 5.88 Å². The number of nitrogens with zero attached hydrogens (tertiary/aromatic N) is 2. The van der Waals surface area contributed by atoms with E-state index in [2.05, 4.69) is 10.3 Å². The van der Waals surface area contributed by atoms with Crippen LogP contribution in [-0.4, -0.2) is 30.2 Å². The molecular formula is C16H16F3N3O4. The number of ether oxygens (including phenoxy) is 2. The topological polar surface area (TPSA) is 86.5 Å². The summed E-state index contributed by atoms with van der Waals surface area (Å²) in [5.74, 6) is 0.395. The van der Waals surface area contributed by atoms with Crippen LogP contribution in [0.1, 0.15) is 11.1 Å². The third kappa shape index (κ3) is 5.31. The Morgan fingerprint density at radius 2 is 2.00 bits per heavy atom. The summed E-state index contributed by atoms with van der Waals surface area (Å²) >= 11 is 0. The number of hydrogen-bond acceptors (Lipinski definition) is 6. The van der Waals surface area contributed by atoms with Crippen LogP contribution in [0.25, 0.3) is 0 Å². The van der Waals surface area contributed by atoms with Crippen LogP contribution in [0, 0.1) is 10.1 Å². The molecule has 10 heteroatoms. The lowest BCUT2D eigenvalue weighted by Gasteiger charge is -2.11. The second-order valence-corrected chi connectivity index (χ2v) is 5.19. The molecule has 1 aromatic carbocycles. The second-order valence-electron chi connectivity index (χ2n) is 5.19. The highest BCUT2D eigenvalue weighted by molar-refractivity contribution is 5.63. The van der Waals surface area contributed by atoms with Crippen molar-refractivity contribution in [2.45, 2.75) is 12.7 Å². The molecule has 0 saturated carbocycles. The molecule has 0 fully saturated rings. The van der Waals surface area contributed by atoms with E-state index < -0.39 is 22.4 Å². The first-order valence-corrected chi connectivity index (χ1v) is 7.47. The van der Waals surface area contributed by atoms with Crippen molar-refractivity contribution in [1.29, 1.82) is 0 Å². The van der Waals surface area contributed by atoms with E-state index in [-0.39, 0.29) is 12.2 Å². The molecule has 1 aromatic heterocycles. The van der Waals surface area contributed by atoms with E-state index in [4.69, 9.17) is 9.47 Å². The van der Waals surface area contributed by atoms with Crippen molar-refractivity contribution in [3.05, 3.63) is 57.8 Å². The molecule has 0 saturated heterocycles. The minimum atomic E-state index is -4.65. The van der Waals surface area contributed by atoms with Crippen LogP contribution >= 0.6 is 0 Å². The summed E-state index contributed by atoms with van der Waals surface area (Å²) in [7, 11) is 1.55.